The first kappa shape index (κ1) is 14.7. The molecule has 0 spiro atoms. The van der Waals surface area contributed by atoms with E-state index in [1.807, 2.05) is 31.2 Å². The molecule has 18 heavy (non-hydrogen) atoms. The maximum Gasteiger partial charge on any atom is 0.224 e. The number of ether oxygens (including phenoxy) is 1. The fourth-order valence-electron chi connectivity index (χ4n) is 1.55. The van der Waals surface area contributed by atoms with Crippen molar-refractivity contribution >= 4 is 5.91 Å². The Morgan fingerprint density at radius 2 is 1.83 bits per heavy atom. The van der Waals surface area contributed by atoms with Gasteiger partial charge in [0.1, 0.15) is 0 Å². The van der Waals surface area contributed by atoms with Crippen molar-refractivity contribution in [2.75, 3.05) is 6.54 Å². The van der Waals surface area contributed by atoms with Crippen molar-refractivity contribution < 1.29 is 9.53 Å². The number of amides is 1. The number of carbonyl (C=O) groups excluding carboxylic acids is 1. The lowest BCUT2D eigenvalue weighted by Crippen LogP contribution is -2.24. The molecule has 0 saturated carbocycles. The van der Waals surface area contributed by atoms with E-state index in [0.717, 1.165) is 17.5 Å². The van der Waals surface area contributed by atoms with Crippen LogP contribution < -0.4 is 5.32 Å². The van der Waals surface area contributed by atoms with E-state index < -0.39 is 0 Å². The van der Waals surface area contributed by atoms with Crippen molar-refractivity contribution in [3.05, 3.63) is 35.4 Å². The summed E-state index contributed by atoms with van der Waals surface area (Å²) in [4.78, 5) is 11.4. The van der Waals surface area contributed by atoms with Crippen LogP contribution in [0.5, 0.6) is 0 Å². The number of hydrogen-bond acceptors (Lipinski definition) is 2. The van der Waals surface area contributed by atoms with Gasteiger partial charge in [0.25, 0.3) is 0 Å². The fourth-order valence-corrected chi connectivity index (χ4v) is 1.55. The van der Waals surface area contributed by atoms with Crippen LogP contribution in [0.1, 0.15) is 38.3 Å². The van der Waals surface area contributed by atoms with Gasteiger partial charge in [0.2, 0.25) is 5.91 Å². The zero-order chi connectivity index (χ0) is 13.4. The van der Waals surface area contributed by atoms with E-state index in [0.29, 0.717) is 25.7 Å². The fraction of sp³-hybridized carbons (Fsp3) is 0.533. The third kappa shape index (κ3) is 5.32. The molecular weight excluding hydrogens is 226 g/mol. The van der Waals surface area contributed by atoms with Gasteiger partial charge in [-0.25, -0.2) is 0 Å². The number of nitrogens with one attached hydrogen (secondary N) is 1. The Hall–Kier alpha value is -1.35. The second-order valence-corrected chi connectivity index (χ2v) is 4.48. The summed E-state index contributed by atoms with van der Waals surface area (Å²) in [5, 5.41) is 2.79. The van der Waals surface area contributed by atoms with Gasteiger partial charge in [0, 0.05) is 6.54 Å². The van der Waals surface area contributed by atoms with Gasteiger partial charge < -0.3 is 10.1 Å². The Morgan fingerprint density at radius 1 is 1.22 bits per heavy atom. The zero-order valence-electron chi connectivity index (χ0n) is 11.5. The Labute approximate surface area is 110 Å². The van der Waals surface area contributed by atoms with E-state index in [1.165, 1.54) is 0 Å². The average Bonchev–Trinajstić information content (AvgIpc) is 2.37. The first-order valence-electron chi connectivity index (χ1n) is 6.61. The monoisotopic (exact) mass is 249 g/mol. The quantitative estimate of drug-likeness (QED) is 0.807. The molecule has 0 aliphatic carbocycles. The molecule has 0 fully saturated rings. The van der Waals surface area contributed by atoms with E-state index in [4.69, 9.17) is 4.74 Å². The summed E-state index contributed by atoms with van der Waals surface area (Å²) in [5.74, 6) is 0.0705. The number of benzene rings is 1. The van der Waals surface area contributed by atoms with E-state index in [9.17, 15) is 4.79 Å². The van der Waals surface area contributed by atoms with Crippen LogP contribution in [0.2, 0.25) is 0 Å². The van der Waals surface area contributed by atoms with Gasteiger partial charge in [-0.3, -0.25) is 4.79 Å². The smallest absolute Gasteiger partial charge is 0.224 e. The van der Waals surface area contributed by atoms with Gasteiger partial charge in [-0.1, -0.05) is 31.2 Å². The van der Waals surface area contributed by atoms with Crippen LogP contribution in [0.4, 0.5) is 0 Å². The van der Waals surface area contributed by atoms with Crippen molar-refractivity contribution in [3.8, 4) is 0 Å². The van der Waals surface area contributed by atoms with Gasteiger partial charge in [-0.15, -0.1) is 0 Å². The highest BCUT2D eigenvalue weighted by atomic mass is 16.5. The standard InChI is InChI=1S/C15H23NO2/c1-4-12(3)18-11-14-8-6-13(7-9-14)10-15(17)16-5-2/h6-9,12H,4-5,10-11H2,1-3H3,(H,16,17). The Kier molecular flexibility index (Phi) is 6.44. The number of carbonyl (C=O) groups is 1. The first-order valence-corrected chi connectivity index (χ1v) is 6.61. The summed E-state index contributed by atoms with van der Waals surface area (Å²) in [6, 6.07) is 8.03. The molecule has 0 aliphatic heterocycles. The minimum Gasteiger partial charge on any atom is -0.374 e. The molecule has 0 aromatic heterocycles. The number of likely N-dealkylation sites (N-methyl/N-ethyl adjacent to an activating group) is 1. The van der Waals surface area contributed by atoms with Crippen molar-refractivity contribution in [1.29, 1.82) is 0 Å². The summed E-state index contributed by atoms with van der Waals surface area (Å²) in [5.41, 5.74) is 2.18. The second kappa shape index (κ2) is 7.88. The first-order chi connectivity index (χ1) is 8.65. The van der Waals surface area contributed by atoms with E-state index in [2.05, 4.69) is 19.2 Å². The molecule has 1 aromatic carbocycles. The molecule has 0 radical (unpaired) electrons. The summed E-state index contributed by atoms with van der Waals surface area (Å²) in [6.07, 6.45) is 1.76. The topological polar surface area (TPSA) is 38.3 Å². The Bertz CT molecular complexity index is 359. The van der Waals surface area contributed by atoms with Crippen molar-refractivity contribution in [2.45, 2.75) is 46.3 Å². The Balaban J connectivity index is 2.44. The van der Waals surface area contributed by atoms with Crippen LogP contribution in [0.3, 0.4) is 0 Å². The summed E-state index contributed by atoms with van der Waals surface area (Å²) in [6.45, 7) is 7.42. The summed E-state index contributed by atoms with van der Waals surface area (Å²) < 4.78 is 5.66. The molecule has 3 heteroatoms. The lowest BCUT2D eigenvalue weighted by Gasteiger charge is -2.10. The third-order valence-corrected chi connectivity index (χ3v) is 2.87. The molecule has 0 heterocycles. The predicted molar refractivity (Wildman–Crippen MR) is 73.4 cm³/mol. The van der Waals surface area contributed by atoms with Crippen molar-refractivity contribution in [1.82, 2.24) is 5.32 Å². The second-order valence-electron chi connectivity index (χ2n) is 4.48. The van der Waals surface area contributed by atoms with Gasteiger partial charge in [0.05, 0.1) is 19.1 Å². The van der Waals surface area contributed by atoms with E-state index in [-0.39, 0.29) is 5.91 Å². The molecule has 100 valence electrons. The molecule has 0 saturated heterocycles. The maximum atomic E-state index is 11.4. The van der Waals surface area contributed by atoms with Crippen molar-refractivity contribution in [2.24, 2.45) is 0 Å². The van der Waals surface area contributed by atoms with Gasteiger partial charge in [-0.2, -0.15) is 0 Å². The largest absolute Gasteiger partial charge is 0.374 e. The molecule has 1 rings (SSSR count). The molecule has 1 amide bonds. The minimum atomic E-state index is 0.0705. The number of hydrogen-bond donors (Lipinski definition) is 1. The van der Waals surface area contributed by atoms with Gasteiger partial charge in [0.15, 0.2) is 0 Å². The minimum absolute atomic E-state index is 0.0705. The predicted octanol–water partition coefficient (Wildman–Crippen LogP) is 2.68. The van der Waals surface area contributed by atoms with Gasteiger partial charge in [-0.05, 0) is 31.4 Å². The molecule has 3 nitrogen and oxygen atoms in total. The van der Waals surface area contributed by atoms with Crippen LogP contribution in [0.15, 0.2) is 24.3 Å². The summed E-state index contributed by atoms with van der Waals surface area (Å²) in [7, 11) is 0. The molecule has 0 bridgehead atoms. The Morgan fingerprint density at radius 3 is 2.39 bits per heavy atom. The van der Waals surface area contributed by atoms with Crippen LogP contribution in [-0.4, -0.2) is 18.6 Å². The van der Waals surface area contributed by atoms with Crippen LogP contribution in [-0.2, 0) is 22.6 Å². The number of rotatable bonds is 7. The molecular formula is C15H23NO2. The molecule has 1 aromatic rings. The van der Waals surface area contributed by atoms with Crippen LogP contribution >= 0.6 is 0 Å². The lowest BCUT2D eigenvalue weighted by atomic mass is 10.1. The normalized spacial score (nSPS) is 12.2. The highest BCUT2D eigenvalue weighted by Crippen LogP contribution is 2.08. The van der Waals surface area contributed by atoms with Crippen LogP contribution in [0, 0.1) is 0 Å². The highest BCUT2D eigenvalue weighted by molar-refractivity contribution is 5.78. The lowest BCUT2D eigenvalue weighted by molar-refractivity contribution is -0.120. The molecule has 0 aliphatic rings. The van der Waals surface area contributed by atoms with Gasteiger partial charge >= 0.3 is 0 Å². The van der Waals surface area contributed by atoms with E-state index in [1.54, 1.807) is 0 Å². The van der Waals surface area contributed by atoms with Crippen molar-refractivity contribution in [3.63, 3.8) is 0 Å². The maximum absolute atomic E-state index is 11.4. The third-order valence-electron chi connectivity index (χ3n) is 2.87. The molecule has 1 atom stereocenters. The van der Waals surface area contributed by atoms with Crippen LogP contribution in [0.25, 0.3) is 0 Å². The molecule has 1 N–H and O–H groups in total. The highest BCUT2D eigenvalue weighted by Gasteiger charge is 2.03. The SMILES string of the molecule is CCNC(=O)Cc1ccc(COC(C)CC)cc1. The van der Waals surface area contributed by atoms with E-state index >= 15 is 0 Å². The molecule has 1 unspecified atom stereocenters. The average molecular weight is 249 g/mol. The zero-order valence-corrected chi connectivity index (χ0v) is 11.5. The summed E-state index contributed by atoms with van der Waals surface area (Å²) >= 11 is 0.